The minimum atomic E-state index is 0.791. The van der Waals surface area contributed by atoms with E-state index in [-0.39, 0.29) is 0 Å². The van der Waals surface area contributed by atoms with Gasteiger partial charge in [-0.05, 0) is 40.9 Å². The third-order valence-electron chi connectivity index (χ3n) is 3.43. The maximum absolute atomic E-state index is 5.94. The van der Waals surface area contributed by atoms with E-state index in [0.29, 0.717) is 0 Å². The minimum Gasteiger partial charge on any atom is -0.493 e. The summed E-state index contributed by atoms with van der Waals surface area (Å²) in [4.78, 5) is 1.31. The van der Waals surface area contributed by atoms with Gasteiger partial charge < -0.3 is 4.74 Å². The average molecular weight is 282 g/mol. The van der Waals surface area contributed by atoms with Crippen molar-refractivity contribution in [3.05, 3.63) is 53.9 Å². The zero-order chi connectivity index (χ0) is 13.8. The second-order valence-electron chi connectivity index (χ2n) is 4.84. The van der Waals surface area contributed by atoms with E-state index in [9.17, 15) is 0 Å². The molecule has 0 atom stereocenters. The van der Waals surface area contributed by atoms with Crippen LogP contribution in [-0.4, -0.2) is 6.61 Å². The van der Waals surface area contributed by atoms with Crippen LogP contribution < -0.4 is 4.74 Å². The minimum absolute atomic E-state index is 0.791. The molecule has 1 heterocycles. The zero-order valence-electron chi connectivity index (χ0n) is 11.6. The van der Waals surface area contributed by atoms with Crippen molar-refractivity contribution in [2.45, 2.75) is 19.8 Å². The van der Waals surface area contributed by atoms with Crippen LogP contribution in [0.4, 0.5) is 0 Å². The van der Waals surface area contributed by atoms with Crippen molar-refractivity contribution in [3.63, 3.8) is 0 Å². The molecule has 1 aromatic heterocycles. The molecule has 0 amide bonds. The topological polar surface area (TPSA) is 9.23 Å². The Morgan fingerprint density at radius 2 is 1.80 bits per heavy atom. The second-order valence-corrected chi connectivity index (χ2v) is 5.78. The van der Waals surface area contributed by atoms with Gasteiger partial charge in [0.2, 0.25) is 0 Å². The Kier molecular flexibility index (Phi) is 4.03. The molecular formula is C18H18OS. The Morgan fingerprint density at radius 1 is 0.950 bits per heavy atom. The number of hydrogen-bond acceptors (Lipinski definition) is 2. The summed E-state index contributed by atoms with van der Waals surface area (Å²) in [5, 5.41) is 4.59. The normalized spacial score (nSPS) is 10.8. The molecule has 0 saturated carbocycles. The summed E-state index contributed by atoms with van der Waals surface area (Å²) in [7, 11) is 0. The van der Waals surface area contributed by atoms with Crippen molar-refractivity contribution in [2.75, 3.05) is 6.61 Å². The van der Waals surface area contributed by atoms with Gasteiger partial charge in [-0.1, -0.05) is 43.7 Å². The molecule has 2 heteroatoms. The number of unbranched alkanes of at least 4 members (excludes halogenated alkanes) is 1. The lowest BCUT2D eigenvalue weighted by atomic mass is 10.0. The SMILES string of the molecule is CCCCOc1ccc(-c2cccs2)c2ccccc12. The third kappa shape index (κ3) is 2.56. The molecule has 0 aliphatic rings. The lowest BCUT2D eigenvalue weighted by molar-refractivity contribution is 0.313. The lowest BCUT2D eigenvalue weighted by Crippen LogP contribution is -1.97. The zero-order valence-corrected chi connectivity index (χ0v) is 12.5. The molecule has 0 radical (unpaired) electrons. The predicted molar refractivity (Wildman–Crippen MR) is 87.7 cm³/mol. The van der Waals surface area contributed by atoms with Gasteiger partial charge in [0.25, 0.3) is 0 Å². The van der Waals surface area contributed by atoms with Crippen LogP contribution in [0, 0.1) is 0 Å². The van der Waals surface area contributed by atoms with Crippen molar-refractivity contribution in [3.8, 4) is 16.2 Å². The fourth-order valence-corrected chi connectivity index (χ4v) is 3.14. The summed E-state index contributed by atoms with van der Waals surface area (Å²) in [6.45, 7) is 2.97. The van der Waals surface area contributed by atoms with Crippen molar-refractivity contribution in [1.29, 1.82) is 0 Å². The molecule has 0 aliphatic heterocycles. The highest BCUT2D eigenvalue weighted by molar-refractivity contribution is 7.13. The molecule has 0 fully saturated rings. The molecule has 3 aromatic rings. The summed E-state index contributed by atoms with van der Waals surface area (Å²) in [6, 6.07) is 17.0. The Balaban J connectivity index is 2.06. The fourth-order valence-electron chi connectivity index (χ4n) is 2.37. The van der Waals surface area contributed by atoms with Crippen LogP contribution in [0.25, 0.3) is 21.2 Å². The first-order valence-electron chi connectivity index (χ1n) is 7.08. The van der Waals surface area contributed by atoms with Crippen molar-refractivity contribution in [1.82, 2.24) is 0 Å². The van der Waals surface area contributed by atoms with Gasteiger partial charge in [0.05, 0.1) is 6.61 Å². The van der Waals surface area contributed by atoms with E-state index in [1.165, 1.54) is 21.2 Å². The summed E-state index contributed by atoms with van der Waals surface area (Å²) < 4.78 is 5.94. The quantitative estimate of drug-likeness (QED) is 0.542. The Morgan fingerprint density at radius 3 is 2.55 bits per heavy atom. The van der Waals surface area contributed by atoms with E-state index in [1.54, 1.807) is 11.3 Å². The Bertz CT molecular complexity index is 686. The molecule has 1 nitrogen and oxygen atoms in total. The van der Waals surface area contributed by atoms with Gasteiger partial charge in [-0.25, -0.2) is 0 Å². The Labute approximate surface area is 123 Å². The molecule has 0 unspecified atom stereocenters. The third-order valence-corrected chi connectivity index (χ3v) is 4.33. The summed E-state index contributed by atoms with van der Waals surface area (Å²) in [6.07, 6.45) is 2.26. The maximum Gasteiger partial charge on any atom is 0.127 e. The van der Waals surface area contributed by atoms with Crippen molar-refractivity contribution < 1.29 is 4.74 Å². The van der Waals surface area contributed by atoms with Crippen LogP contribution in [-0.2, 0) is 0 Å². The van der Waals surface area contributed by atoms with Gasteiger partial charge >= 0.3 is 0 Å². The van der Waals surface area contributed by atoms with Gasteiger partial charge in [-0.3, -0.25) is 0 Å². The summed E-state index contributed by atoms with van der Waals surface area (Å²) in [5.74, 6) is 0.995. The van der Waals surface area contributed by atoms with Gasteiger partial charge in [0.1, 0.15) is 5.75 Å². The van der Waals surface area contributed by atoms with Crippen LogP contribution >= 0.6 is 11.3 Å². The number of ether oxygens (including phenoxy) is 1. The number of fused-ring (bicyclic) bond motifs is 1. The molecule has 0 spiro atoms. The van der Waals surface area contributed by atoms with Crippen molar-refractivity contribution >= 4 is 22.1 Å². The van der Waals surface area contributed by atoms with Crippen LogP contribution in [0.3, 0.4) is 0 Å². The van der Waals surface area contributed by atoms with Crippen LogP contribution in [0.1, 0.15) is 19.8 Å². The molecule has 3 rings (SSSR count). The van der Waals surface area contributed by atoms with Crippen LogP contribution in [0.2, 0.25) is 0 Å². The fraction of sp³-hybridized carbons (Fsp3) is 0.222. The summed E-state index contributed by atoms with van der Waals surface area (Å²) >= 11 is 1.78. The van der Waals surface area contributed by atoms with E-state index in [1.807, 2.05) is 0 Å². The Hall–Kier alpha value is -1.80. The van der Waals surface area contributed by atoms with E-state index < -0.39 is 0 Å². The lowest BCUT2D eigenvalue weighted by Gasteiger charge is -2.11. The van der Waals surface area contributed by atoms with Crippen LogP contribution in [0.5, 0.6) is 5.75 Å². The standard InChI is InChI=1S/C18H18OS/c1-2-3-12-19-17-11-10-16(18-9-6-13-20-18)14-7-4-5-8-15(14)17/h4-11,13H,2-3,12H2,1H3. The number of thiophene rings is 1. The van der Waals surface area contributed by atoms with Crippen LogP contribution in [0.15, 0.2) is 53.9 Å². The first-order valence-corrected chi connectivity index (χ1v) is 7.96. The molecular weight excluding hydrogens is 264 g/mol. The number of benzene rings is 2. The largest absolute Gasteiger partial charge is 0.493 e. The highest BCUT2D eigenvalue weighted by Crippen LogP contribution is 2.36. The second kappa shape index (κ2) is 6.10. The predicted octanol–water partition coefficient (Wildman–Crippen LogP) is 5.75. The smallest absolute Gasteiger partial charge is 0.127 e. The molecule has 20 heavy (non-hydrogen) atoms. The molecule has 0 N–H and O–H groups in total. The number of hydrogen-bond donors (Lipinski definition) is 0. The van der Waals surface area contributed by atoms with Gasteiger partial charge in [-0.15, -0.1) is 11.3 Å². The molecule has 0 aliphatic carbocycles. The molecule has 0 saturated heterocycles. The monoisotopic (exact) mass is 282 g/mol. The van der Waals surface area contributed by atoms with Gasteiger partial charge in [0.15, 0.2) is 0 Å². The van der Waals surface area contributed by atoms with E-state index in [0.717, 1.165) is 25.2 Å². The van der Waals surface area contributed by atoms with E-state index in [4.69, 9.17) is 4.74 Å². The maximum atomic E-state index is 5.94. The van der Waals surface area contributed by atoms with Crippen molar-refractivity contribution in [2.24, 2.45) is 0 Å². The highest BCUT2D eigenvalue weighted by Gasteiger charge is 2.08. The molecule has 2 aromatic carbocycles. The highest BCUT2D eigenvalue weighted by atomic mass is 32.1. The van der Waals surface area contributed by atoms with E-state index >= 15 is 0 Å². The number of rotatable bonds is 5. The summed E-state index contributed by atoms with van der Waals surface area (Å²) in [5.41, 5.74) is 1.29. The van der Waals surface area contributed by atoms with Gasteiger partial charge in [0, 0.05) is 10.3 Å². The first kappa shape index (κ1) is 13.2. The van der Waals surface area contributed by atoms with Gasteiger partial charge in [-0.2, -0.15) is 0 Å². The first-order chi connectivity index (χ1) is 9.90. The molecule has 102 valence electrons. The van der Waals surface area contributed by atoms with E-state index in [2.05, 4.69) is 60.8 Å². The molecule has 0 bridgehead atoms. The average Bonchev–Trinajstić information content (AvgIpc) is 3.01.